The van der Waals surface area contributed by atoms with E-state index in [1.165, 1.54) is 24.3 Å². The van der Waals surface area contributed by atoms with Gasteiger partial charge in [0, 0.05) is 6.07 Å². The van der Waals surface area contributed by atoms with E-state index in [9.17, 15) is 13.2 Å². The molecule has 100 valence electrons. The maximum atomic E-state index is 13.7. The number of rotatable bonds is 3. The van der Waals surface area contributed by atoms with Gasteiger partial charge in [-0.1, -0.05) is 6.07 Å². The van der Waals surface area contributed by atoms with Crippen LogP contribution in [-0.4, -0.2) is 0 Å². The average Bonchev–Trinajstić information content (AvgIpc) is 2.38. The summed E-state index contributed by atoms with van der Waals surface area (Å²) in [7, 11) is 0. The summed E-state index contributed by atoms with van der Waals surface area (Å²) in [6.45, 7) is 1.42. The third kappa shape index (κ3) is 3.10. The fourth-order valence-electron chi connectivity index (χ4n) is 1.58. The summed E-state index contributed by atoms with van der Waals surface area (Å²) in [6.07, 6.45) is 0. The van der Waals surface area contributed by atoms with Crippen LogP contribution in [-0.2, 0) is 6.61 Å². The minimum Gasteiger partial charge on any atom is -0.488 e. The van der Waals surface area contributed by atoms with Crippen molar-refractivity contribution in [3.05, 3.63) is 63.4 Å². The van der Waals surface area contributed by atoms with E-state index in [4.69, 9.17) is 4.74 Å². The number of hydrogen-bond donors (Lipinski definition) is 0. The third-order valence-electron chi connectivity index (χ3n) is 2.66. The third-order valence-corrected chi connectivity index (χ3v) is 3.27. The van der Waals surface area contributed by atoms with Crippen LogP contribution in [0.15, 0.2) is 34.8 Å². The van der Waals surface area contributed by atoms with Crippen LogP contribution in [0.3, 0.4) is 0 Å². The number of halogens is 4. The first-order chi connectivity index (χ1) is 8.99. The zero-order chi connectivity index (χ0) is 14.0. The quantitative estimate of drug-likeness (QED) is 0.737. The van der Waals surface area contributed by atoms with Crippen molar-refractivity contribution in [2.24, 2.45) is 0 Å². The number of hydrogen-bond acceptors (Lipinski definition) is 1. The molecule has 2 aromatic carbocycles. The Morgan fingerprint density at radius 1 is 1.11 bits per heavy atom. The van der Waals surface area contributed by atoms with Gasteiger partial charge in [-0.15, -0.1) is 0 Å². The van der Waals surface area contributed by atoms with Gasteiger partial charge in [0.15, 0.2) is 0 Å². The van der Waals surface area contributed by atoms with Crippen LogP contribution >= 0.6 is 15.9 Å². The van der Waals surface area contributed by atoms with E-state index in [1.54, 1.807) is 6.92 Å². The van der Waals surface area contributed by atoms with Crippen LogP contribution in [0.5, 0.6) is 5.75 Å². The molecular weight excluding hydrogens is 321 g/mol. The predicted molar refractivity (Wildman–Crippen MR) is 69.5 cm³/mol. The Bertz CT molecular complexity index is 614. The molecule has 0 radical (unpaired) electrons. The summed E-state index contributed by atoms with van der Waals surface area (Å²) < 4.78 is 45.7. The normalized spacial score (nSPS) is 10.6. The van der Waals surface area contributed by atoms with Gasteiger partial charge in [0.25, 0.3) is 0 Å². The van der Waals surface area contributed by atoms with E-state index in [1.807, 2.05) is 0 Å². The van der Waals surface area contributed by atoms with Crippen molar-refractivity contribution >= 4 is 15.9 Å². The van der Waals surface area contributed by atoms with Gasteiger partial charge < -0.3 is 4.74 Å². The summed E-state index contributed by atoms with van der Waals surface area (Å²) in [6, 6.07) is 6.44. The second kappa shape index (κ2) is 5.65. The first-order valence-corrected chi connectivity index (χ1v) is 6.29. The largest absolute Gasteiger partial charge is 0.488 e. The number of benzene rings is 2. The molecule has 0 N–H and O–H groups in total. The molecule has 0 aliphatic rings. The van der Waals surface area contributed by atoms with Gasteiger partial charge in [-0.2, -0.15) is 0 Å². The molecule has 0 aliphatic carbocycles. The molecule has 0 saturated carbocycles. The van der Waals surface area contributed by atoms with Crippen molar-refractivity contribution in [1.29, 1.82) is 0 Å². The molecule has 2 aromatic rings. The van der Waals surface area contributed by atoms with Gasteiger partial charge in [-0.3, -0.25) is 0 Å². The number of ether oxygens (including phenoxy) is 1. The second-order valence-corrected chi connectivity index (χ2v) is 4.87. The van der Waals surface area contributed by atoms with Gasteiger partial charge in [0.2, 0.25) is 0 Å². The fourth-order valence-corrected chi connectivity index (χ4v) is 1.95. The summed E-state index contributed by atoms with van der Waals surface area (Å²) >= 11 is 2.98. The van der Waals surface area contributed by atoms with Crippen molar-refractivity contribution < 1.29 is 17.9 Å². The lowest BCUT2D eigenvalue weighted by Gasteiger charge is -2.11. The molecule has 0 amide bonds. The van der Waals surface area contributed by atoms with Gasteiger partial charge >= 0.3 is 0 Å². The maximum absolute atomic E-state index is 13.7. The van der Waals surface area contributed by atoms with Crippen LogP contribution in [0.1, 0.15) is 11.1 Å². The van der Waals surface area contributed by atoms with Gasteiger partial charge in [0.05, 0.1) is 10.0 Å². The molecule has 0 aliphatic heterocycles. The minimum atomic E-state index is -0.714. The summed E-state index contributed by atoms with van der Waals surface area (Å²) in [5, 5.41) is 0. The molecule has 0 unspecified atom stereocenters. The molecule has 0 bridgehead atoms. The Hall–Kier alpha value is -1.49. The van der Waals surface area contributed by atoms with E-state index in [0.29, 0.717) is 5.56 Å². The maximum Gasteiger partial charge on any atom is 0.146 e. The zero-order valence-corrected chi connectivity index (χ0v) is 11.6. The Morgan fingerprint density at radius 2 is 1.84 bits per heavy atom. The second-order valence-electron chi connectivity index (χ2n) is 4.02. The van der Waals surface area contributed by atoms with Crippen molar-refractivity contribution in [3.63, 3.8) is 0 Å². The standard InChI is InChI=1S/C14H10BrF3O/c1-8-2-3-9(16)6-13(8)19-7-10-12(17)5-4-11(15)14(10)18/h2-6H,7H2,1H3. The molecule has 0 fully saturated rings. The molecule has 0 spiro atoms. The summed E-state index contributed by atoms with van der Waals surface area (Å²) in [5.74, 6) is -1.61. The van der Waals surface area contributed by atoms with Crippen molar-refractivity contribution in [3.8, 4) is 5.75 Å². The number of aryl methyl sites for hydroxylation is 1. The smallest absolute Gasteiger partial charge is 0.146 e. The lowest BCUT2D eigenvalue weighted by atomic mass is 10.2. The fraction of sp³-hybridized carbons (Fsp3) is 0.143. The van der Waals surface area contributed by atoms with Gasteiger partial charge in [0.1, 0.15) is 29.8 Å². The zero-order valence-electron chi connectivity index (χ0n) is 10.0. The van der Waals surface area contributed by atoms with E-state index in [-0.39, 0.29) is 22.4 Å². The Morgan fingerprint density at radius 3 is 2.58 bits per heavy atom. The Balaban J connectivity index is 2.24. The molecule has 1 nitrogen and oxygen atoms in total. The minimum absolute atomic E-state index is 0.156. The van der Waals surface area contributed by atoms with Crippen molar-refractivity contribution in [2.75, 3.05) is 0 Å². The molecule has 0 aromatic heterocycles. The monoisotopic (exact) mass is 330 g/mol. The molecule has 0 saturated heterocycles. The molecule has 0 heterocycles. The van der Waals surface area contributed by atoms with E-state index < -0.39 is 17.5 Å². The van der Waals surface area contributed by atoms with Crippen LogP contribution in [0.25, 0.3) is 0 Å². The van der Waals surface area contributed by atoms with Crippen LogP contribution in [0.4, 0.5) is 13.2 Å². The molecule has 2 rings (SSSR count). The highest BCUT2D eigenvalue weighted by atomic mass is 79.9. The first kappa shape index (κ1) is 13.9. The Kier molecular flexibility index (Phi) is 4.14. The van der Waals surface area contributed by atoms with Crippen molar-refractivity contribution in [2.45, 2.75) is 13.5 Å². The first-order valence-electron chi connectivity index (χ1n) is 5.50. The molecular formula is C14H10BrF3O. The topological polar surface area (TPSA) is 9.23 Å². The highest BCUT2D eigenvalue weighted by molar-refractivity contribution is 9.10. The van der Waals surface area contributed by atoms with Gasteiger partial charge in [-0.25, -0.2) is 13.2 Å². The van der Waals surface area contributed by atoms with Crippen molar-refractivity contribution in [1.82, 2.24) is 0 Å². The van der Waals surface area contributed by atoms with Crippen LogP contribution in [0.2, 0.25) is 0 Å². The summed E-state index contributed by atoms with van der Waals surface area (Å²) in [4.78, 5) is 0. The summed E-state index contributed by atoms with van der Waals surface area (Å²) in [5.41, 5.74) is 0.496. The molecule has 19 heavy (non-hydrogen) atoms. The van der Waals surface area contributed by atoms with E-state index >= 15 is 0 Å². The van der Waals surface area contributed by atoms with Crippen LogP contribution in [0, 0.1) is 24.4 Å². The van der Waals surface area contributed by atoms with E-state index in [2.05, 4.69) is 15.9 Å². The lowest BCUT2D eigenvalue weighted by Crippen LogP contribution is -2.03. The highest BCUT2D eigenvalue weighted by Crippen LogP contribution is 2.25. The highest BCUT2D eigenvalue weighted by Gasteiger charge is 2.13. The average molecular weight is 331 g/mol. The molecule has 0 atom stereocenters. The van der Waals surface area contributed by atoms with Gasteiger partial charge in [-0.05, 0) is 46.6 Å². The lowest BCUT2D eigenvalue weighted by molar-refractivity contribution is 0.289. The SMILES string of the molecule is Cc1ccc(F)cc1OCc1c(F)ccc(Br)c1F. The predicted octanol–water partition coefficient (Wildman–Crippen LogP) is 4.75. The van der Waals surface area contributed by atoms with Crippen LogP contribution < -0.4 is 4.74 Å². The van der Waals surface area contributed by atoms with E-state index in [0.717, 1.165) is 6.07 Å². The molecule has 5 heteroatoms. The Labute approximate surface area is 117 Å².